The Labute approximate surface area is 93.5 Å². The molecular weight excluding hydrogens is 209 g/mol. The maximum Gasteiger partial charge on any atom is 0.308 e. The van der Waals surface area contributed by atoms with E-state index in [4.69, 9.17) is 5.11 Å². The maximum atomic E-state index is 13.5. The van der Waals surface area contributed by atoms with E-state index in [1.54, 1.807) is 13.0 Å². The van der Waals surface area contributed by atoms with Crippen LogP contribution >= 0.6 is 0 Å². The first-order valence-electron chi connectivity index (χ1n) is 5.25. The molecule has 0 aromatic heterocycles. The maximum absolute atomic E-state index is 13.5. The van der Waals surface area contributed by atoms with Gasteiger partial charge in [-0.3, -0.25) is 4.79 Å². The van der Waals surface area contributed by atoms with Gasteiger partial charge in [-0.15, -0.1) is 0 Å². The molecule has 1 aromatic carbocycles. The second-order valence-corrected chi connectivity index (χ2v) is 4.25. The van der Waals surface area contributed by atoms with Crippen molar-refractivity contribution in [2.45, 2.75) is 19.4 Å². The van der Waals surface area contributed by atoms with Crippen molar-refractivity contribution in [3.05, 3.63) is 29.6 Å². The van der Waals surface area contributed by atoms with Crippen molar-refractivity contribution < 1.29 is 14.3 Å². The highest BCUT2D eigenvalue weighted by atomic mass is 19.1. The lowest BCUT2D eigenvalue weighted by Crippen LogP contribution is -2.37. The molecule has 1 heterocycles. The third-order valence-electron chi connectivity index (χ3n) is 3.35. The fourth-order valence-electron chi connectivity index (χ4n) is 2.28. The van der Waals surface area contributed by atoms with Gasteiger partial charge in [0.05, 0.1) is 5.92 Å². The topological polar surface area (TPSA) is 40.5 Å². The Morgan fingerprint density at radius 1 is 1.62 bits per heavy atom. The minimum Gasteiger partial charge on any atom is -0.481 e. The van der Waals surface area contributed by atoms with Crippen LogP contribution in [0.25, 0.3) is 0 Å². The summed E-state index contributed by atoms with van der Waals surface area (Å²) >= 11 is 0. The standard InChI is InChI=1S/C12H14FNO2/c1-7(12(15)16)11-6-8-9(13)4-3-5-10(8)14(11)2/h3-5,7,11H,6H2,1-2H3,(H,15,16). The van der Waals surface area contributed by atoms with Crippen LogP contribution in [-0.2, 0) is 11.2 Å². The smallest absolute Gasteiger partial charge is 0.308 e. The number of halogens is 1. The van der Waals surface area contributed by atoms with Gasteiger partial charge in [-0.25, -0.2) is 4.39 Å². The number of likely N-dealkylation sites (N-methyl/N-ethyl adjacent to an activating group) is 1. The van der Waals surface area contributed by atoms with Crippen LogP contribution in [-0.4, -0.2) is 24.2 Å². The largest absolute Gasteiger partial charge is 0.481 e. The van der Waals surface area contributed by atoms with E-state index >= 15 is 0 Å². The van der Waals surface area contributed by atoms with Gasteiger partial charge in [0.15, 0.2) is 0 Å². The zero-order valence-corrected chi connectivity index (χ0v) is 9.27. The van der Waals surface area contributed by atoms with Gasteiger partial charge in [0.25, 0.3) is 0 Å². The van der Waals surface area contributed by atoms with Crippen LogP contribution in [0.1, 0.15) is 12.5 Å². The third kappa shape index (κ3) is 1.54. The molecule has 0 amide bonds. The predicted molar refractivity (Wildman–Crippen MR) is 59.1 cm³/mol. The zero-order chi connectivity index (χ0) is 11.9. The lowest BCUT2D eigenvalue weighted by Gasteiger charge is -2.25. The number of hydrogen-bond acceptors (Lipinski definition) is 2. The van der Waals surface area contributed by atoms with Gasteiger partial charge in [0.1, 0.15) is 5.82 Å². The Morgan fingerprint density at radius 2 is 2.31 bits per heavy atom. The normalized spacial score (nSPS) is 20.7. The van der Waals surface area contributed by atoms with Crippen molar-refractivity contribution in [2.24, 2.45) is 5.92 Å². The van der Waals surface area contributed by atoms with Crippen molar-refractivity contribution in [3.8, 4) is 0 Å². The summed E-state index contributed by atoms with van der Waals surface area (Å²) in [4.78, 5) is 12.8. The van der Waals surface area contributed by atoms with Crippen LogP contribution in [0.3, 0.4) is 0 Å². The molecule has 2 atom stereocenters. The minimum atomic E-state index is -0.843. The minimum absolute atomic E-state index is 0.163. The molecule has 0 aliphatic carbocycles. The number of fused-ring (bicyclic) bond motifs is 1. The summed E-state index contributed by atoms with van der Waals surface area (Å²) in [6.07, 6.45) is 0.464. The average Bonchev–Trinajstić information content (AvgIpc) is 2.57. The predicted octanol–water partition coefficient (Wildman–Crippen LogP) is 1.91. The van der Waals surface area contributed by atoms with E-state index < -0.39 is 11.9 Å². The molecule has 2 unspecified atom stereocenters. The molecular formula is C12H14FNO2. The van der Waals surface area contributed by atoms with Crippen LogP contribution < -0.4 is 4.90 Å². The molecule has 3 nitrogen and oxygen atoms in total. The van der Waals surface area contributed by atoms with Crippen LogP contribution in [0.4, 0.5) is 10.1 Å². The van der Waals surface area contributed by atoms with Crippen molar-refractivity contribution in [1.82, 2.24) is 0 Å². The van der Waals surface area contributed by atoms with E-state index in [1.165, 1.54) is 6.07 Å². The molecule has 0 bridgehead atoms. The second kappa shape index (κ2) is 3.77. The molecule has 1 aliphatic rings. The van der Waals surface area contributed by atoms with Gasteiger partial charge in [-0.05, 0) is 25.5 Å². The number of rotatable bonds is 2. The summed E-state index contributed by atoms with van der Waals surface area (Å²) in [5.41, 5.74) is 1.43. The molecule has 0 radical (unpaired) electrons. The number of aliphatic carboxylic acids is 1. The van der Waals surface area contributed by atoms with Crippen molar-refractivity contribution in [1.29, 1.82) is 0 Å². The highest BCUT2D eigenvalue weighted by molar-refractivity contribution is 5.73. The lowest BCUT2D eigenvalue weighted by molar-refractivity contribution is -0.141. The molecule has 0 saturated carbocycles. The Balaban J connectivity index is 2.34. The Morgan fingerprint density at radius 3 is 2.88 bits per heavy atom. The van der Waals surface area contributed by atoms with E-state index in [-0.39, 0.29) is 11.9 Å². The molecule has 1 aliphatic heterocycles. The van der Waals surface area contributed by atoms with Gasteiger partial charge in [-0.2, -0.15) is 0 Å². The summed E-state index contributed by atoms with van der Waals surface area (Å²) in [6.45, 7) is 1.66. The van der Waals surface area contributed by atoms with Crippen LogP contribution in [0.2, 0.25) is 0 Å². The molecule has 16 heavy (non-hydrogen) atoms. The van der Waals surface area contributed by atoms with E-state index in [1.807, 2.05) is 18.0 Å². The summed E-state index contributed by atoms with van der Waals surface area (Å²) in [7, 11) is 1.81. The molecule has 2 rings (SSSR count). The van der Waals surface area contributed by atoms with Gasteiger partial charge < -0.3 is 10.0 Å². The first-order chi connectivity index (χ1) is 7.52. The number of benzene rings is 1. The number of hydrogen-bond donors (Lipinski definition) is 1. The number of carboxylic acid groups (broad SMARTS) is 1. The summed E-state index contributed by atoms with van der Waals surface area (Å²) < 4.78 is 13.5. The monoisotopic (exact) mass is 223 g/mol. The number of anilines is 1. The van der Waals surface area contributed by atoms with E-state index in [0.717, 1.165) is 5.69 Å². The van der Waals surface area contributed by atoms with Gasteiger partial charge in [0, 0.05) is 24.3 Å². The Bertz CT molecular complexity index is 433. The van der Waals surface area contributed by atoms with Gasteiger partial charge >= 0.3 is 5.97 Å². The number of carboxylic acids is 1. The highest BCUT2D eigenvalue weighted by Crippen LogP contribution is 2.35. The number of carbonyl (C=O) groups is 1. The second-order valence-electron chi connectivity index (χ2n) is 4.25. The highest BCUT2D eigenvalue weighted by Gasteiger charge is 2.35. The quantitative estimate of drug-likeness (QED) is 0.832. The number of nitrogens with zero attached hydrogens (tertiary/aromatic N) is 1. The molecule has 1 aromatic rings. The molecule has 0 spiro atoms. The van der Waals surface area contributed by atoms with Crippen LogP contribution in [0.15, 0.2) is 18.2 Å². The van der Waals surface area contributed by atoms with Crippen LogP contribution in [0.5, 0.6) is 0 Å². The summed E-state index contributed by atoms with van der Waals surface area (Å²) in [5, 5.41) is 8.99. The first kappa shape index (κ1) is 10.9. The van der Waals surface area contributed by atoms with E-state index in [2.05, 4.69) is 0 Å². The van der Waals surface area contributed by atoms with Crippen molar-refractivity contribution in [3.63, 3.8) is 0 Å². The Hall–Kier alpha value is -1.58. The van der Waals surface area contributed by atoms with Gasteiger partial charge in [-0.1, -0.05) is 6.07 Å². The van der Waals surface area contributed by atoms with Crippen molar-refractivity contribution in [2.75, 3.05) is 11.9 Å². The third-order valence-corrected chi connectivity index (χ3v) is 3.35. The SMILES string of the molecule is CC(C(=O)O)C1Cc2c(F)cccc2N1C. The van der Waals surface area contributed by atoms with Crippen molar-refractivity contribution >= 4 is 11.7 Å². The summed E-state index contributed by atoms with van der Waals surface area (Å²) in [5.74, 6) is -1.59. The van der Waals surface area contributed by atoms with E-state index in [9.17, 15) is 9.18 Å². The average molecular weight is 223 g/mol. The molecule has 0 saturated heterocycles. The van der Waals surface area contributed by atoms with Gasteiger partial charge in [0.2, 0.25) is 0 Å². The van der Waals surface area contributed by atoms with E-state index in [0.29, 0.717) is 12.0 Å². The fourth-order valence-corrected chi connectivity index (χ4v) is 2.28. The molecule has 1 N–H and O–H groups in total. The lowest BCUT2D eigenvalue weighted by atomic mass is 9.98. The Kier molecular flexibility index (Phi) is 2.58. The summed E-state index contributed by atoms with van der Waals surface area (Å²) in [6, 6.07) is 4.73. The molecule has 86 valence electrons. The van der Waals surface area contributed by atoms with Crippen LogP contribution in [0, 0.1) is 11.7 Å². The first-order valence-corrected chi connectivity index (χ1v) is 5.25. The molecule has 0 fully saturated rings. The zero-order valence-electron chi connectivity index (χ0n) is 9.27. The molecule has 4 heteroatoms. The fraction of sp³-hybridized carbons (Fsp3) is 0.417.